The molecule has 146 valence electrons. The van der Waals surface area contributed by atoms with Crippen LogP contribution in [0.15, 0.2) is 0 Å². The van der Waals surface area contributed by atoms with Gasteiger partial charge >= 0.3 is 12.2 Å². The number of rotatable bonds is 3. The van der Waals surface area contributed by atoms with Gasteiger partial charge in [0.05, 0.1) is 12.6 Å². The van der Waals surface area contributed by atoms with E-state index in [1.807, 2.05) is 11.6 Å². The lowest BCUT2D eigenvalue weighted by Crippen LogP contribution is -2.57. The summed E-state index contributed by atoms with van der Waals surface area (Å²) >= 11 is 0. The third kappa shape index (κ3) is 4.28. The molecule has 0 radical (unpaired) electrons. The van der Waals surface area contributed by atoms with Gasteiger partial charge in [-0.15, -0.1) is 0 Å². The van der Waals surface area contributed by atoms with E-state index in [1.54, 1.807) is 11.8 Å². The number of carbonyl (C=O) groups is 1. The zero-order chi connectivity index (χ0) is 18.9. The van der Waals surface area contributed by atoms with Gasteiger partial charge in [-0.25, -0.2) is 14.5 Å². The number of hydrogen-bond donors (Lipinski definition) is 1. The maximum atomic E-state index is 12.6. The van der Waals surface area contributed by atoms with Crippen molar-refractivity contribution in [2.75, 3.05) is 26.2 Å². The first-order chi connectivity index (χ1) is 12.3. The van der Waals surface area contributed by atoms with E-state index in [4.69, 9.17) is 0 Å². The maximum absolute atomic E-state index is 12.6. The van der Waals surface area contributed by atoms with Crippen molar-refractivity contribution in [2.24, 2.45) is 0 Å². The van der Waals surface area contributed by atoms with Crippen LogP contribution in [0, 0.1) is 0 Å². The van der Waals surface area contributed by atoms with Gasteiger partial charge in [0.15, 0.2) is 5.82 Å². The number of alkyl halides is 3. The maximum Gasteiger partial charge on any atom is 0.401 e. The number of amides is 2. The number of piperazine rings is 1. The number of halogens is 3. The molecule has 1 aromatic rings. The van der Waals surface area contributed by atoms with Crippen LogP contribution in [0.4, 0.5) is 18.0 Å². The van der Waals surface area contributed by atoms with E-state index in [9.17, 15) is 18.0 Å². The molecule has 2 atom stereocenters. The SMILES string of the molecule is CCc1nc2n(n1)CCC[C@@H]2NC(=O)N1CCN(CC(F)(F)F)[C@H](C)C1. The molecule has 1 N–H and O–H groups in total. The molecule has 0 bridgehead atoms. The van der Waals surface area contributed by atoms with Gasteiger partial charge in [-0.2, -0.15) is 18.3 Å². The highest BCUT2D eigenvalue weighted by Crippen LogP contribution is 2.24. The van der Waals surface area contributed by atoms with Crippen LogP contribution < -0.4 is 5.32 Å². The average Bonchev–Trinajstić information content (AvgIpc) is 3.00. The lowest BCUT2D eigenvalue weighted by Gasteiger charge is -2.40. The summed E-state index contributed by atoms with van der Waals surface area (Å²) in [5, 5.41) is 7.41. The highest BCUT2D eigenvalue weighted by molar-refractivity contribution is 5.74. The van der Waals surface area contributed by atoms with Crippen molar-refractivity contribution in [3.05, 3.63) is 11.6 Å². The molecule has 2 aliphatic rings. The number of nitrogens with zero attached hydrogens (tertiary/aromatic N) is 5. The molecule has 26 heavy (non-hydrogen) atoms. The van der Waals surface area contributed by atoms with E-state index >= 15 is 0 Å². The second-order valence-electron chi connectivity index (χ2n) is 6.99. The third-order valence-electron chi connectivity index (χ3n) is 4.97. The predicted molar refractivity (Wildman–Crippen MR) is 88.6 cm³/mol. The normalized spacial score (nSPS) is 24.4. The minimum atomic E-state index is -4.22. The molecule has 0 aromatic carbocycles. The monoisotopic (exact) mass is 374 g/mol. The van der Waals surface area contributed by atoms with Crippen molar-refractivity contribution >= 4 is 6.03 Å². The number of carbonyl (C=O) groups excluding carboxylic acids is 1. The van der Waals surface area contributed by atoms with Crippen molar-refractivity contribution in [1.29, 1.82) is 0 Å². The fourth-order valence-electron chi connectivity index (χ4n) is 3.57. The third-order valence-corrected chi connectivity index (χ3v) is 4.97. The molecule has 7 nitrogen and oxygen atoms in total. The second-order valence-corrected chi connectivity index (χ2v) is 6.99. The Morgan fingerprint density at radius 2 is 2.08 bits per heavy atom. The summed E-state index contributed by atoms with van der Waals surface area (Å²) in [6.07, 6.45) is -1.79. The van der Waals surface area contributed by atoms with Crippen LogP contribution in [0.5, 0.6) is 0 Å². The molecular formula is C16H25F3N6O. The highest BCUT2D eigenvalue weighted by atomic mass is 19.4. The Labute approximate surface area is 150 Å². The Kier molecular flexibility index (Phi) is 5.40. The van der Waals surface area contributed by atoms with Crippen LogP contribution in [0.3, 0.4) is 0 Å². The Morgan fingerprint density at radius 1 is 1.31 bits per heavy atom. The lowest BCUT2D eigenvalue weighted by atomic mass is 10.1. The largest absolute Gasteiger partial charge is 0.401 e. The molecule has 1 aromatic heterocycles. The van der Waals surface area contributed by atoms with Crippen LogP contribution in [0.2, 0.25) is 0 Å². The van der Waals surface area contributed by atoms with E-state index in [-0.39, 0.29) is 37.7 Å². The summed E-state index contributed by atoms with van der Waals surface area (Å²) in [5.41, 5.74) is 0. The van der Waals surface area contributed by atoms with Gasteiger partial charge in [0.1, 0.15) is 5.82 Å². The van der Waals surface area contributed by atoms with Crippen LogP contribution in [-0.2, 0) is 13.0 Å². The van der Waals surface area contributed by atoms with Crippen LogP contribution >= 0.6 is 0 Å². The molecule has 3 rings (SSSR count). The van der Waals surface area contributed by atoms with E-state index in [1.165, 1.54) is 4.90 Å². The summed E-state index contributed by atoms with van der Waals surface area (Å²) < 4.78 is 39.6. The molecule has 3 heterocycles. The molecule has 1 saturated heterocycles. The Bertz CT molecular complexity index is 646. The van der Waals surface area contributed by atoms with Gasteiger partial charge in [0, 0.05) is 38.6 Å². The number of aromatic nitrogens is 3. The minimum absolute atomic E-state index is 0.201. The quantitative estimate of drug-likeness (QED) is 0.878. The number of fused-ring (bicyclic) bond motifs is 1. The number of nitrogens with one attached hydrogen (secondary N) is 1. The van der Waals surface area contributed by atoms with Crippen molar-refractivity contribution in [2.45, 2.75) is 57.9 Å². The Hall–Kier alpha value is -1.84. The summed E-state index contributed by atoms with van der Waals surface area (Å²) in [7, 11) is 0. The Morgan fingerprint density at radius 3 is 2.73 bits per heavy atom. The molecule has 0 aliphatic carbocycles. The molecule has 0 saturated carbocycles. The van der Waals surface area contributed by atoms with Crippen molar-refractivity contribution in [3.63, 3.8) is 0 Å². The van der Waals surface area contributed by atoms with Gasteiger partial charge in [-0.05, 0) is 19.8 Å². The second kappa shape index (κ2) is 7.42. The van der Waals surface area contributed by atoms with Crippen LogP contribution in [0.25, 0.3) is 0 Å². The van der Waals surface area contributed by atoms with E-state index in [0.717, 1.165) is 37.5 Å². The molecule has 0 unspecified atom stereocenters. The fraction of sp³-hybridized carbons (Fsp3) is 0.812. The zero-order valence-electron chi connectivity index (χ0n) is 15.1. The summed E-state index contributed by atoms with van der Waals surface area (Å²) in [4.78, 5) is 20.1. The molecule has 2 aliphatic heterocycles. The van der Waals surface area contributed by atoms with Gasteiger partial charge in [0.25, 0.3) is 0 Å². The van der Waals surface area contributed by atoms with Gasteiger partial charge in [-0.3, -0.25) is 4.90 Å². The summed E-state index contributed by atoms with van der Waals surface area (Å²) in [6, 6.07) is -0.784. The molecule has 0 spiro atoms. The van der Waals surface area contributed by atoms with Gasteiger partial charge in [0.2, 0.25) is 0 Å². The number of urea groups is 1. The van der Waals surface area contributed by atoms with Crippen LogP contribution in [-0.4, -0.2) is 69.0 Å². The lowest BCUT2D eigenvalue weighted by molar-refractivity contribution is -0.153. The molecule has 2 amide bonds. The molecular weight excluding hydrogens is 349 g/mol. The smallest absolute Gasteiger partial charge is 0.328 e. The topological polar surface area (TPSA) is 66.3 Å². The summed E-state index contributed by atoms with van der Waals surface area (Å²) in [6.45, 7) is 4.34. The van der Waals surface area contributed by atoms with Crippen LogP contribution in [0.1, 0.15) is 44.4 Å². The van der Waals surface area contributed by atoms with Gasteiger partial charge < -0.3 is 10.2 Å². The summed E-state index contributed by atoms with van der Waals surface area (Å²) in [5.74, 6) is 1.53. The first kappa shape index (κ1) is 18.9. The predicted octanol–water partition coefficient (Wildman–Crippen LogP) is 1.95. The van der Waals surface area contributed by atoms with Crippen molar-refractivity contribution in [3.8, 4) is 0 Å². The molecule has 1 fully saturated rings. The zero-order valence-corrected chi connectivity index (χ0v) is 15.1. The highest BCUT2D eigenvalue weighted by Gasteiger charge is 2.36. The average molecular weight is 374 g/mol. The first-order valence-electron chi connectivity index (χ1n) is 9.06. The first-order valence-corrected chi connectivity index (χ1v) is 9.06. The van der Waals surface area contributed by atoms with Crippen molar-refractivity contribution < 1.29 is 18.0 Å². The van der Waals surface area contributed by atoms with E-state index < -0.39 is 12.7 Å². The van der Waals surface area contributed by atoms with Gasteiger partial charge in [-0.1, -0.05) is 6.92 Å². The standard InChI is InChI=1S/C16H25F3N6O/c1-3-13-21-14-12(5-4-6-25(14)22-13)20-15(26)23-7-8-24(11(2)9-23)10-16(17,18)19/h11-12H,3-10H2,1-2H3,(H,20,26)/t11-,12+/m1/s1. The van der Waals surface area contributed by atoms with E-state index in [0.29, 0.717) is 0 Å². The Balaban J connectivity index is 1.59. The molecule has 10 heteroatoms. The number of aryl methyl sites for hydroxylation is 2. The fourth-order valence-corrected chi connectivity index (χ4v) is 3.57. The number of hydrogen-bond acceptors (Lipinski definition) is 4. The minimum Gasteiger partial charge on any atom is -0.328 e. The van der Waals surface area contributed by atoms with E-state index in [2.05, 4.69) is 15.4 Å². The van der Waals surface area contributed by atoms with Crippen molar-refractivity contribution in [1.82, 2.24) is 29.9 Å².